The van der Waals surface area contributed by atoms with Crippen LogP contribution >= 0.6 is 11.6 Å². The molecule has 3 rings (SSSR count). The molecule has 10 heteroatoms. The molecule has 0 saturated heterocycles. The highest BCUT2D eigenvalue weighted by Crippen LogP contribution is 2.44. The number of rotatable bonds is 5. The molecule has 5 nitrogen and oxygen atoms in total. The second kappa shape index (κ2) is 7.16. The Labute approximate surface area is 160 Å². The lowest BCUT2D eigenvalue weighted by Gasteiger charge is -2.27. The molecule has 2 bridgehead atoms. The fourth-order valence-electron chi connectivity index (χ4n) is 4.07. The number of nitrogens with zero attached hydrogens (tertiary/aromatic N) is 1. The van der Waals surface area contributed by atoms with Gasteiger partial charge in [0, 0.05) is 6.04 Å². The Kier molecular flexibility index (Phi) is 5.37. The van der Waals surface area contributed by atoms with E-state index in [4.69, 9.17) is 11.6 Å². The molecule has 1 amide bonds. The minimum absolute atomic E-state index is 0.00496. The van der Waals surface area contributed by atoms with Gasteiger partial charge in [-0.15, -0.1) is 0 Å². The molecule has 0 spiro atoms. The Morgan fingerprint density at radius 1 is 1.30 bits per heavy atom. The van der Waals surface area contributed by atoms with Crippen molar-refractivity contribution in [2.45, 2.75) is 37.9 Å². The maximum Gasteiger partial charge on any atom is 0.416 e. The van der Waals surface area contributed by atoms with E-state index in [1.54, 1.807) is 0 Å². The average Bonchev–Trinajstić information content (AvgIpc) is 3.14. The number of carbonyl (C=O) groups excluding carboxylic acids is 1. The predicted molar refractivity (Wildman–Crippen MR) is 96.0 cm³/mol. The van der Waals surface area contributed by atoms with Gasteiger partial charge in [-0.2, -0.15) is 13.2 Å². The SMILES string of the molecule is CS(=O)(=O)N(CC(=O)N[C@@H]1C[C@@H]2CC[C@H]1C2)c1cc(C(F)(F)F)ccc1Cl. The van der Waals surface area contributed by atoms with Crippen molar-refractivity contribution in [2.24, 2.45) is 11.8 Å². The number of fused-ring (bicyclic) bond motifs is 2. The van der Waals surface area contributed by atoms with Crippen molar-refractivity contribution in [1.29, 1.82) is 0 Å². The molecule has 1 aromatic carbocycles. The van der Waals surface area contributed by atoms with Crippen LogP contribution in [0.4, 0.5) is 18.9 Å². The van der Waals surface area contributed by atoms with Crippen molar-refractivity contribution in [3.63, 3.8) is 0 Å². The lowest BCUT2D eigenvalue weighted by Crippen LogP contribution is -2.45. The number of alkyl halides is 3. The lowest BCUT2D eigenvalue weighted by molar-refractivity contribution is -0.137. The predicted octanol–water partition coefficient (Wildman–Crippen LogP) is 3.43. The Bertz CT molecular complexity index is 844. The van der Waals surface area contributed by atoms with E-state index >= 15 is 0 Å². The van der Waals surface area contributed by atoms with Gasteiger partial charge >= 0.3 is 6.18 Å². The molecular weight excluding hydrogens is 405 g/mol. The summed E-state index contributed by atoms with van der Waals surface area (Å²) in [5.41, 5.74) is -1.40. The normalized spacial score (nSPS) is 24.9. The lowest BCUT2D eigenvalue weighted by atomic mass is 9.95. The quantitative estimate of drug-likeness (QED) is 0.787. The number of halogens is 4. The van der Waals surface area contributed by atoms with E-state index in [0.717, 1.165) is 44.1 Å². The summed E-state index contributed by atoms with van der Waals surface area (Å²) < 4.78 is 63.9. The zero-order valence-electron chi connectivity index (χ0n) is 14.6. The molecule has 0 unspecified atom stereocenters. The molecule has 2 fully saturated rings. The summed E-state index contributed by atoms with van der Waals surface area (Å²) in [6.07, 6.45) is 0.263. The standard InChI is InChI=1S/C17H20ClF3N2O3S/c1-27(25,26)23(15-8-12(17(19,20)21)4-5-13(15)18)9-16(24)22-14-7-10-2-3-11(14)6-10/h4-5,8,10-11,14H,2-3,6-7,9H2,1H3,(H,22,24)/t10-,11+,14-/m1/s1. The van der Waals surface area contributed by atoms with Crippen molar-refractivity contribution < 1.29 is 26.4 Å². The number of hydrogen-bond donors (Lipinski definition) is 1. The second-order valence-corrected chi connectivity index (χ2v) is 9.60. The fourth-order valence-corrected chi connectivity index (χ4v) is 5.20. The Hall–Kier alpha value is -1.48. The molecule has 0 aliphatic heterocycles. The first-order valence-electron chi connectivity index (χ1n) is 8.59. The summed E-state index contributed by atoms with van der Waals surface area (Å²) in [4.78, 5) is 12.4. The summed E-state index contributed by atoms with van der Waals surface area (Å²) >= 11 is 5.95. The van der Waals surface area contributed by atoms with Crippen molar-refractivity contribution in [3.05, 3.63) is 28.8 Å². The van der Waals surface area contributed by atoms with Crippen LogP contribution in [0.2, 0.25) is 5.02 Å². The van der Waals surface area contributed by atoms with Crippen LogP contribution in [0, 0.1) is 11.8 Å². The van der Waals surface area contributed by atoms with Crippen molar-refractivity contribution in [2.75, 3.05) is 17.1 Å². The van der Waals surface area contributed by atoms with Crippen LogP contribution in [0.25, 0.3) is 0 Å². The molecule has 2 aliphatic carbocycles. The van der Waals surface area contributed by atoms with Crippen LogP contribution in [0.3, 0.4) is 0 Å². The largest absolute Gasteiger partial charge is 0.416 e. The number of anilines is 1. The summed E-state index contributed by atoms with van der Waals surface area (Å²) in [7, 11) is -4.02. The highest BCUT2D eigenvalue weighted by Gasteiger charge is 2.40. The van der Waals surface area contributed by atoms with Gasteiger partial charge in [0.05, 0.1) is 22.5 Å². The highest BCUT2D eigenvalue weighted by atomic mass is 35.5. The highest BCUT2D eigenvalue weighted by molar-refractivity contribution is 7.92. The van der Waals surface area contributed by atoms with Gasteiger partial charge in [0.2, 0.25) is 15.9 Å². The maximum atomic E-state index is 13.0. The van der Waals surface area contributed by atoms with Crippen LogP contribution < -0.4 is 9.62 Å². The molecule has 0 radical (unpaired) electrons. The van der Waals surface area contributed by atoms with Crippen LogP contribution in [0.5, 0.6) is 0 Å². The zero-order chi connectivity index (χ0) is 20.0. The van der Waals surface area contributed by atoms with E-state index in [1.165, 1.54) is 0 Å². The van der Waals surface area contributed by atoms with Gasteiger partial charge in [0.15, 0.2) is 0 Å². The maximum absolute atomic E-state index is 13.0. The zero-order valence-corrected chi connectivity index (χ0v) is 16.2. The minimum atomic E-state index is -4.66. The van der Waals surface area contributed by atoms with Gasteiger partial charge in [0.1, 0.15) is 6.54 Å². The molecular formula is C17H20ClF3N2O3S. The van der Waals surface area contributed by atoms with Gasteiger partial charge in [-0.1, -0.05) is 18.0 Å². The van der Waals surface area contributed by atoms with E-state index < -0.39 is 34.2 Å². The number of carbonyl (C=O) groups is 1. The van der Waals surface area contributed by atoms with Crippen molar-refractivity contribution in [3.8, 4) is 0 Å². The third-order valence-electron chi connectivity index (χ3n) is 5.31. The van der Waals surface area contributed by atoms with E-state index in [2.05, 4.69) is 5.32 Å². The van der Waals surface area contributed by atoms with Gasteiger partial charge in [-0.25, -0.2) is 8.42 Å². The first-order chi connectivity index (χ1) is 12.4. The van der Waals surface area contributed by atoms with E-state index in [9.17, 15) is 26.4 Å². The van der Waals surface area contributed by atoms with Crippen LogP contribution in [-0.2, 0) is 21.0 Å². The molecule has 1 N–H and O–H groups in total. The Balaban J connectivity index is 1.82. The van der Waals surface area contributed by atoms with E-state index in [0.29, 0.717) is 22.2 Å². The number of nitrogens with one attached hydrogen (secondary N) is 1. The van der Waals surface area contributed by atoms with E-state index in [-0.39, 0.29) is 16.8 Å². The van der Waals surface area contributed by atoms with Crippen molar-refractivity contribution in [1.82, 2.24) is 5.32 Å². The van der Waals surface area contributed by atoms with Crippen LogP contribution in [-0.4, -0.2) is 33.2 Å². The summed E-state index contributed by atoms with van der Waals surface area (Å²) in [6.45, 7) is -0.617. The molecule has 2 aliphatic rings. The van der Waals surface area contributed by atoms with Gasteiger partial charge in [0.25, 0.3) is 0 Å². The second-order valence-electron chi connectivity index (χ2n) is 7.28. The molecule has 2 saturated carbocycles. The molecule has 150 valence electrons. The average molecular weight is 425 g/mol. The first kappa shape index (κ1) is 20.3. The summed E-state index contributed by atoms with van der Waals surface area (Å²) in [5.74, 6) is 0.429. The number of hydrogen-bond acceptors (Lipinski definition) is 3. The van der Waals surface area contributed by atoms with Crippen LogP contribution in [0.15, 0.2) is 18.2 Å². The van der Waals surface area contributed by atoms with Gasteiger partial charge < -0.3 is 5.32 Å². The van der Waals surface area contributed by atoms with E-state index in [1.807, 2.05) is 0 Å². The smallest absolute Gasteiger partial charge is 0.352 e. The minimum Gasteiger partial charge on any atom is -0.352 e. The first-order valence-corrected chi connectivity index (χ1v) is 10.8. The third kappa shape index (κ3) is 4.51. The fraction of sp³-hybridized carbons (Fsp3) is 0.588. The van der Waals surface area contributed by atoms with Crippen LogP contribution in [0.1, 0.15) is 31.2 Å². The molecule has 3 atom stereocenters. The van der Waals surface area contributed by atoms with Gasteiger partial charge in [-0.3, -0.25) is 9.10 Å². The Morgan fingerprint density at radius 3 is 2.52 bits per heavy atom. The van der Waals surface area contributed by atoms with Crippen molar-refractivity contribution >= 4 is 33.2 Å². The topological polar surface area (TPSA) is 66.5 Å². The monoisotopic (exact) mass is 424 g/mol. The summed E-state index contributed by atoms with van der Waals surface area (Å²) in [5, 5.41) is 2.66. The van der Waals surface area contributed by atoms with Gasteiger partial charge in [-0.05, 0) is 49.3 Å². The number of benzene rings is 1. The third-order valence-corrected chi connectivity index (χ3v) is 6.76. The molecule has 27 heavy (non-hydrogen) atoms. The number of amides is 1. The molecule has 1 aromatic rings. The molecule has 0 heterocycles. The Morgan fingerprint density at radius 2 is 2.00 bits per heavy atom. The number of sulfonamides is 1. The molecule has 0 aromatic heterocycles. The summed E-state index contributed by atoms with van der Waals surface area (Å²) in [6, 6.07) is 2.39.